The first kappa shape index (κ1) is 22.2. The molecule has 168 valence electrons. The molecule has 0 aliphatic carbocycles. The average molecular weight is 433 g/mol. The van der Waals surface area contributed by atoms with Crippen molar-refractivity contribution in [3.05, 3.63) is 72.1 Å². The van der Waals surface area contributed by atoms with Gasteiger partial charge in [0.05, 0.1) is 0 Å². The van der Waals surface area contributed by atoms with Crippen molar-refractivity contribution in [1.29, 1.82) is 0 Å². The van der Waals surface area contributed by atoms with Gasteiger partial charge in [-0.25, -0.2) is 0 Å². The van der Waals surface area contributed by atoms with E-state index in [2.05, 4.69) is 46.4 Å². The van der Waals surface area contributed by atoms with Crippen molar-refractivity contribution in [1.82, 2.24) is 19.9 Å². The minimum absolute atomic E-state index is 0.161. The van der Waals surface area contributed by atoms with Gasteiger partial charge in [-0.05, 0) is 44.3 Å². The Morgan fingerprint density at radius 2 is 1.84 bits per heavy atom. The summed E-state index contributed by atoms with van der Waals surface area (Å²) in [6.45, 7) is 3.76. The summed E-state index contributed by atoms with van der Waals surface area (Å²) in [5.41, 5.74) is 2.18. The van der Waals surface area contributed by atoms with Gasteiger partial charge in [0, 0.05) is 38.0 Å². The van der Waals surface area contributed by atoms with Crippen LogP contribution in [-0.4, -0.2) is 59.1 Å². The Morgan fingerprint density at radius 1 is 1.09 bits per heavy atom. The van der Waals surface area contributed by atoms with E-state index in [0.29, 0.717) is 30.5 Å². The molecule has 3 aromatic rings. The van der Waals surface area contributed by atoms with Gasteiger partial charge in [0.15, 0.2) is 0 Å². The number of rotatable bonds is 9. The van der Waals surface area contributed by atoms with Gasteiger partial charge in [0.1, 0.15) is 0 Å². The van der Waals surface area contributed by atoms with E-state index in [9.17, 15) is 4.79 Å². The molecule has 1 fully saturated rings. The lowest BCUT2D eigenvalue weighted by Crippen LogP contribution is -2.42. The van der Waals surface area contributed by atoms with Crippen LogP contribution in [0.5, 0.6) is 0 Å². The molecular formula is C26H32N4O2. The maximum absolute atomic E-state index is 13.2. The van der Waals surface area contributed by atoms with Crippen LogP contribution in [-0.2, 0) is 17.6 Å². The third kappa shape index (κ3) is 6.26. The molecule has 32 heavy (non-hydrogen) atoms. The van der Waals surface area contributed by atoms with Gasteiger partial charge in [-0.3, -0.25) is 4.79 Å². The highest BCUT2D eigenvalue weighted by Crippen LogP contribution is 2.19. The van der Waals surface area contributed by atoms with Crippen molar-refractivity contribution in [2.75, 3.05) is 33.2 Å². The summed E-state index contributed by atoms with van der Waals surface area (Å²) in [5, 5.41) is 4.07. The Balaban J connectivity index is 1.37. The summed E-state index contributed by atoms with van der Waals surface area (Å²) in [6.07, 6.45) is 4.10. The second kappa shape index (κ2) is 11.0. The maximum atomic E-state index is 13.2. The zero-order valence-electron chi connectivity index (χ0n) is 18.8. The number of aromatic nitrogens is 2. The second-order valence-electron chi connectivity index (χ2n) is 8.72. The number of hydrogen-bond acceptors (Lipinski definition) is 5. The number of aryl methyl sites for hydroxylation is 1. The number of hydrogen-bond donors (Lipinski definition) is 0. The van der Waals surface area contributed by atoms with Crippen LogP contribution in [0.25, 0.3) is 11.4 Å². The van der Waals surface area contributed by atoms with E-state index < -0.39 is 0 Å². The van der Waals surface area contributed by atoms with Crippen LogP contribution < -0.4 is 0 Å². The van der Waals surface area contributed by atoms with Crippen molar-refractivity contribution in [2.24, 2.45) is 5.92 Å². The molecule has 0 bridgehead atoms. The molecule has 1 unspecified atom stereocenters. The van der Waals surface area contributed by atoms with Crippen LogP contribution in [0.15, 0.2) is 65.2 Å². The van der Waals surface area contributed by atoms with Crippen molar-refractivity contribution in [2.45, 2.75) is 32.1 Å². The molecule has 2 aromatic carbocycles. The monoisotopic (exact) mass is 432 g/mol. The molecule has 1 atom stereocenters. The van der Waals surface area contributed by atoms with E-state index in [0.717, 1.165) is 38.2 Å². The second-order valence-corrected chi connectivity index (χ2v) is 8.72. The van der Waals surface area contributed by atoms with Crippen molar-refractivity contribution in [3.63, 3.8) is 0 Å². The average Bonchev–Trinajstić information content (AvgIpc) is 3.31. The number of likely N-dealkylation sites (tertiary alicyclic amines) is 1. The zero-order valence-corrected chi connectivity index (χ0v) is 18.8. The molecule has 4 rings (SSSR count). The number of benzene rings is 2. The third-order valence-corrected chi connectivity index (χ3v) is 6.12. The molecule has 0 radical (unpaired) electrons. The Morgan fingerprint density at radius 3 is 2.59 bits per heavy atom. The first-order chi connectivity index (χ1) is 15.7. The van der Waals surface area contributed by atoms with Gasteiger partial charge in [0.25, 0.3) is 0 Å². The van der Waals surface area contributed by atoms with E-state index in [1.165, 1.54) is 18.4 Å². The Kier molecular flexibility index (Phi) is 7.67. The quantitative estimate of drug-likeness (QED) is 0.510. The molecule has 1 aliphatic rings. The minimum atomic E-state index is 0.161. The largest absolute Gasteiger partial charge is 0.342 e. The standard InChI is InChI=1S/C26H32N4O2/c1-29-17-8-11-22(19-29)20-30(18-16-21-9-4-2-5-10-21)25(31)15-14-24-27-26(28-32-24)23-12-6-3-7-13-23/h2-7,9-10,12-13,22H,8,11,14-20H2,1H3. The lowest BCUT2D eigenvalue weighted by Gasteiger charge is -2.34. The van der Waals surface area contributed by atoms with Crippen LogP contribution in [0.4, 0.5) is 0 Å². The Labute approximate surface area is 190 Å². The molecule has 0 spiro atoms. The zero-order chi connectivity index (χ0) is 22.2. The van der Waals surface area contributed by atoms with E-state index in [1.807, 2.05) is 41.3 Å². The Bertz CT molecular complexity index is 974. The predicted molar refractivity (Wildman–Crippen MR) is 125 cm³/mol. The number of nitrogens with zero attached hydrogens (tertiary/aromatic N) is 4. The fourth-order valence-electron chi connectivity index (χ4n) is 4.39. The van der Waals surface area contributed by atoms with E-state index in [4.69, 9.17) is 4.52 Å². The summed E-state index contributed by atoms with van der Waals surface area (Å²) in [7, 11) is 2.17. The molecule has 1 aliphatic heterocycles. The number of amides is 1. The third-order valence-electron chi connectivity index (χ3n) is 6.12. The SMILES string of the molecule is CN1CCCC(CN(CCc2ccccc2)C(=O)CCc2nc(-c3ccccc3)no2)C1. The smallest absolute Gasteiger partial charge is 0.227 e. The highest BCUT2D eigenvalue weighted by molar-refractivity contribution is 5.76. The van der Waals surface area contributed by atoms with Crippen LogP contribution >= 0.6 is 0 Å². The molecule has 1 aromatic heterocycles. The molecule has 1 amide bonds. The van der Waals surface area contributed by atoms with Gasteiger partial charge in [-0.1, -0.05) is 65.8 Å². The highest BCUT2D eigenvalue weighted by atomic mass is 16.5. The summed E-state index contributed by atoms with van der Waals surface area (Å²) in [5.74, 6) is 1.77. The van der Waals surface area contributed by atoms with Gasteiger partial charge < -0.3 is 14.3 Å². The van der Waals surface area contributed by atoms with Crippen LogP contribution in [0.3, 0.4) is 0 Å². The van der Waals surface area contributed by atoms with Crippen molar-refractivity contribution in [3.8, 4) is 11.4 Å². The maximum Gasteiger partial charge on any atom is 0.227 e. The predicted octanol–water partition coefficient (Wildman–Crippen LogP) is 4.08. The first-order valence-electron chi connectivity index (χ1n) is 11.6. The fourth-order valence-corrected chi connectivity index (χ4v) is 4.39. The van der Waals surface area contributed by atoms with Gasteiger partial charge >= 0.3 is 0 Å². The molecular weight excluding hydrogens is 400 g/mol. The molecule has 6 nitrogen and oxygen atoms in total. The number of carbonyl (C=O) groups is 1. The molecule has 6 heteroatoms. The summed E-state index contributed by atoms with van der Waals surface area (Å²) in [6, 6.07) is 20.1. The van der Waals surface area contributed by atoms with Crippen LogP contribution in [0, 0.1) is 5.92 Å². The fraction of sp³-hybridized carbons (Fsp3) is 0.423. The topological polar surface area (TPSA) is 62.5 Å². The lowest BCUT2D eigenvalue weighted by molar-refractivity contribution is -0.132. The van der Waals surface area contributed by atoms with Crippen molar-refractivity contribution >= 4 is 5.91 Å². The molecule has 1 saturated heterocycles. The first-order valence-corrected chi connectivity index (χ1v) is 11.6. The normalized spacial score (nSPS) is 16.7. The summed E-state index contributed by atoms with van der Waals surface area (Å²) >= 11 is 0. The van der Waals surface area contributed by atoms with E-state index in [-0.39, 0.29) is 5.91 Å². The van der Waals surface area contributed by atoms with Crippen LogP contribution in [0.2, 0.25) is 0 Å². The van der Waals surface area contributed by atoms with Gasteiger partial charge in [-0.2, -0.15) is 4.98 Å². The summed E-state index contributed by atoms with van der Waals surface area (Å²) < 4.78 is 5.40. The minimum Gasteiger partial charge on any atom is -0.342 e. The Hall–Kier alpha value is -2.99. The van der Waals surface area contributed by atoms with Crippen molar-refractivity contribution < 1.29 is 9.32 Å². The molecule has 0 N–H and O–H groups in total. The summed E-state index contributed by atoms with van der Waals surface area (Å²) in [4.78, 5) is 22.1. The van der Waals surface area contributed by atoms with Gasteiger partial charge in [-0.15, -0.1) is 0 Å². The van der Waals surface area contributed by atoms with E-state index in [1.54, 1.807) is 0 Å². The number of piperidine rings is 1. The van der Waals surface area contributed by atoms with Crippen LogP contribution in [0.1, 0.15) is 30.7 Å². The molecule has 0 saturated carbocycles. The van der Waals surface area contributed by atoms with Gasteiger partial charge in [0.2, 0.25) is 17.6 Å². The van der Waals surface area contributed by atoms with E-state index >= 15 is 0 Å². The highest BCUT2D eigenvalue weighted by Gasteiger charge is 2.23. The molecule has 2 heterocycles. The lowest BCUT2D eigenvalue weighted by atomic mass is 9.97. The number of carbonyl (C=O) groups excluding carboxylic acids is 1.